The number of aromatic hydroxyl groups is 1. The van der Waals surface area contributed by atoms with E-state index in [1.54, 1.807) is 50.3 Å². The number of phenols is 1. The van der Waals surface area contributed by atoms with Gasteiger partial charge in [-0.15, -0.1) is 0 Å². The van der Waals surface area contributed by atoms with Gasteiger partial charge in [-0.25, -0.2) is 0 Å². The van der Waals surface area contributed by atoms with Crippen LogP contribution in [0, 0.1) is 0 Å². The minimum Gasteiger partial charge on any atom is -0.507 e. The number of hydrogen-bond acceptors (Lipinski definition) is 5. The lowest BCUT2D eigenvalue weighted by atomic mass is 9.80. The van der Waals surface area contributed by atoms with Crippen molar-refractivity contribution in [1.29, 1.82) is 0 Å². The zero-order valence-corrected chi connectivity index (χ0v) is 15.9. The molecule has 1 aliphatic rings. The molecule has 0 bridgehead atoms. The van der Waals surface area contributed by atoms with E-state index in [1.807, 2.05) is 19.9 Å². The number of para-hydroxylation sites is 1. The zero-order chi connectivity index (χ0) is 20.1. The van der Waals surface area contributed by atoms with Gasteiger partial charge in [0.25, 0.3) is 0 Å². The molecule has 0 atom stereocenters. The Morgan fingerprint density at radius 3 is 1.96 bits per heavy atom. The van der Waals surface area contributed by atoms with Crippen LogP contribution in [-0.4, -0.2) is 16.7 Å². The summed E-state index contributed by atoms with van der Waals surface area (Å²) in [6, 6.07) is 10.1. The molecule has 3 N–H and O–H groups in total. The molecule has 3 rings (SSSR count). The molecule has 2 aromatic rings. The average Bonchev–Trinajstić information content (AvgIpc) is 2.69. The van der Waals surface area contributed by atoms with Gasteiger partial charge in [-0.2, -0.15) is 0 Å². The van der Waals surface area contributed by atoms with E-state index in [-0.39, 0.29) is 39.5 Å². The number of fused-ring (bicyclic) bond motifs is 1. The normalized spacial score (nSPS) is 16.0. The SMILES string of the molecule is C/C=C1/C(=O)c2c(O)cc(Oc3ccccc3)c(N)c2C(=O)/C1=C/C.CC. The zero-order valence-electron chi connectivity index (χ0n) is 15.9. The van der Waals surface area contributed by atoms with Crippen molar-refractivity contribution in [2.24, 2.45) is 0 Å². The number of hydrogen-bond donors (Lipinski definition) is 2. The number of benzene rings is 2. The van der Waals surface area contributed by atoms with Crippen molar-refractivity contribution >= 4 is 17.3 Å². The third-order valence-corrected chi connectivity index (χ3v) is 4.09. The van der Waals surface area contributed by atoms with E-state index in [0.717, 1.165) is 0 Å². The van der Waals surface area contributed by atoms with Crippen molar-refractivity contribution in [2.45, 2.75) is 27.7 Å². The van der Waals surface area contributed by atoms with Gasteiger partial charge in [0, 0.05) is 17.2 Å². The maximum atomic E-state index is 12.8. The van der Waals surface area contributed by atoms with Gasteiger partial charge in [0.1, 0.15) is 11.5 Å². The van der Waals surface area contributed by atoms with Gasteiger partial charge in [-0.05, 0) is 26.0 Å². The van der Waals surface area contributed by atoms with Gasteiger partial charge in [-0.3, -0.25) is 9.59 Å². The Morgan fingerprint density at radius 2 is 1.44 bits per heavy atom. The number of Topliss-reactive ketones (excluding diaryl/α,β-unsaturated/α-hetero) is 2. The number of ether oxygens (including phenoxy) is 1. The predicted molar refractivity (Wildman–Crippen MR) is 107 cm³/mol. The first kappa shape index (κ1) is 20.0. The van der Waals surface area contributed by atoms with Gasteiger partial charge in [0.15, 0.2) is 17.3 Å². The lowest BCUT2D eigenvalue weighted by molar-refractivity contribution is 0.0970. The number of anilines is 1. The molecule has 5 heteroatoms. The Bertz CT molecular complexity index is 941. The minimum absolute atomic E-state index is 0.0189. The van der Waals surface area contributed by atoms with Crippen molar-refractivity contribution in [1.82, 2.24) is 0 Å². The van der Waals surface area contributed by atoms with Crippen LogP contribution in [0.5, 0.6) is 17.2 Å². The quantitative estimate of drug-likeness (QED) is 0.441. The van der Waals surface area contributed by atoms with Crippen LogP contribution in [0.25, 0.3) is 0 Å². The summed E-state index contributed by atoms with van der Waals surface area (Å²) >= 11 is 0. The topological polar surface area (TPSA) is 89.6 Å². The van der Waals surface area contributed by atoms with E-state index < -0.39 is 11.6 Å². The molecule has 0 radical (unpaired) electrons. The molecule has 0 heterocycles. The Morgan fingerprint density at radius 1 is 0.926 bits per heavy atom. The number of ketones is 2. The summed E-state index contributed by atoms with van der Waals surface area (Å²) in [6.07, 6.45) is 3.13. The molecule has 0 saturated heterocycles. The lowest BCUT2D eigenvalue weighted by Crippen LogP contribution is -2.24. The Hall–Kier alpha value is -3.34. The van der Waals surface area contributed by atoms with E-state index in [1.165, 1.54) is 6.07 Å². The summed E-state index contributed by atoms with van der Waals surface area (Å²) in [6.45, 7) is 7.34. The number of allylic oxidation sites excluding steroid dienone is 4. The summed E-state index contributed by atoms with van der Waals surface area (Å²) in [7, 11) is 0. The number of nitrogen functional groups attached to an aromatic ring is 1. The first-order valence-electron chi connectivity index (χ1n) is 8.80. The van der Waals surface area contributed by atoms with Crippen molar-refractivity contribution in [3.63, 3.8) is 0 Å². The van der Waals surface area contributed by atoms with Crippen LogP contribution in [0.15, 0.2) is 59.7 Å². The third kappa shape index (κ3) is 3.49. The molecule has 0 unspecified atom stereocenters. The van der Waals surface area contributed by atoms with Crippen molar-refractivity contribution in [3.05, 3.63) is 70.8 Å². The molecular weight excluding hydrogens is 342 g/mol. The maximum Gasteiger partial charge on any atom is 0.197 e. The van der Waals surface area contributed by atoms with Gasteiger partial charge in [0.2, 0.25) is 0 Å². The molecule has 140 valence electrons. The lowest BCUT2D eigenvalue weighted by Gasteiger charge is -2.23. The van der Waals surface area contributed by atoms with Gasteiger partial charge >= 0.3 is 0 Å². The number of carbonyl (C=O) groups is 2. The molecule has 0 fully saturated rings. The first-order chi connectivity index (χ1) is 13.0. The van der Waals surface area contributed by atoms with Crippen molar-refractivity contribution < 1.29 is 19.4 Å². The number of rotatable bonds is 2. The maximum absolute atomic E-state index is 12.8. The molecule has 0 saturated carbocycles. The molecule has 0 aromatic heterocycles. The van der Waals surface area contributed by atoms with Gasteiger partial charge < -0.3 is 15.6 Å². The van der Waals surface area contributed by atoms with E-state index in [9.17, 15) is 14.7 Å². The minimum atomic E-state index is -0.430. The van der Waals surface area contributed by atoms with Gasteiger partial charge in [-0.1, -0.05) is 44.2 Å². The average molecular weight is 365 g/mol. The Balaban J connectivity index is 0.00000126. The fourth-order valence-electron chi connectivity index (χ4n) is 2.91. The molecule has 0 aliphatic heterocycles. The van der Waals surface area contributed by atoms with E-state index in [2.05, 4.69) is 0 Å². The molecular formula is C22H23NO4. The summed E-state index contributed by atoms with van der Waals surface area (Å²) in [5.41, 5.74) is 6.58. The highest BCUT2D eigenvalue weighted by Gasteiger charge is 2.36. The fraction of sp³-hybridized carbons (Fsp3) is 0.182. The third-order valence-electron chi connectivity index (χ3n) is 4.09. The molecule has 27 heavy (non-hydrogen) atoms. The Kier molecular flexibility index (Phi) is 6.19. The Labute approximate surface area is 158 Å². The largest absolute Gasteiger partial charge is 0.507 e. The number of carbonyl (C=O) groups excluding carboxylic acids is 2. The smallest absolute Gasteiger partial charge is 0.197 e. The number of phenolic OH excluding ortho intramolecular Hbond substituents is 1. The van der Waals surface area contributed by atoms with Crippen LogP contribution in [-0.2, 0) is 0 Å². The van der Waals surface area contributed by atoms with Crippen LogP contribution < -0.4 is 10.5 Å². The molecule has 0 amide bonds. The van der Waals surface area contributed by atoms with Crippen molar-refractivity contribution in [3.8, 4) is 17.2 Å². The molecule has 1 aliphatic carbocycles. The van der Waals surface area contributed by atoms with Crippen LogP contribution in [0.4, 0.5) is 5.69 Å². The molecule has 5 nitrogen and oxygen atoms in total. The summed E-state index contributed by atoms with van der Waals surface area (Å²) in [4.78, 5) is 25.5. The predicted octanol–water partition coefficient (Wildman–Crippen LogP) is 5.06. The molecule has 2 aromatic carbocycles. The second-order valence-corrected chi connectivity index (χ2v) is 5.54. The second kappa shape index (κ2) is 8.36. The monoisotopic (exact) mass is 365 g/mol. The van der Waals surface area contributed by atoms with Crippen LogP contribution >= 0.6 is 0 Å². The number of nitrogens with two attached hydrogens (primary N) is 1. The van der Waals surface area contributed by atoms with E-state index in [0.29, 0.717) is 5.75 Å². The van der Waals surface area contributed by atoms with E-state index in [4.69, 9.17) is 10.5 Å². The van der Waals surface area contributed by atoms with Crippen molar-refractivity contribution in [2.75, 3.05) is 5.73 Å². The standard InChI is InChI=1S/C20H17NO4.C2H6/c1-3-12-13(4-2)20(24)17-16(19(12)23)14(22)10-15(18(17)21)25-11-8-6-5-7-9-11;1-2/h3-10,22H,21H2,1-2H3;1-2H3/b12-3+,13-4+;. The highest BCUT2D eigenvalue weighted by molar-refractivity contribution is 6.33. The van der Waals surface area contributed by atoms with Crippen LogP contribution in [0.3, 0.4) is 0 Å². The van der Waals surface area contributed by atoms with Crippen LogP contribution in [0.1, 0.15) is 48.4 Å². The van der Waals surface area contributed by atoms with E-state index >= 15 is 0 Å². The summed E-state index contributed by atoms with van der Waals surface area (Å²) in [5.74, 6) is -0.535. The first-order valence-corrected chi connectivity index (χ1v) is 8.80. The highest BCUT2D eigenvalue weighted by atomic mass is 16.5. The fourth-order valence-corrected chi connectivity index (χ4v) is 2.91. The highest BCUT2D eigenvalue weighted by Crippen LogP contribution is 2.43. The summed E-state index contributed by atoms with van der Waals surface area (Å²) in [5, 5.41) is 10.3. The summed E-state index contributed by atoms with van der Waals surface area (Å²) < 4.78 is 5.68. The van der Waals surface area contributed by atoms with Crippen LogP contribution in [0.2, 0.25) is 0 Å². The molecule has 0 spiro atoms. The second-order valence-electron chi connectivity index (χ2n) is 5.54. The van der Waals surface area contributed by atoms with Gasteiger partial charge in [0.05, 0.1) is 16.8 Å².